The summed E-state index contributed by atoms with van der Waals surface area (Å²) in [4.78, 5) is 26.5. The maximum absolute atomic E-state index is 13.2. The van der Waals surface area contributed by atoms with Crippen molar-refractivity contribution in [3.63, 3.8) is 0 Å². The first-order chi connectivity index (χ1) is 13.0. The van der Waals surface area contributed by atoms with Crippen LogP contribution in [0.2, 0.25) is 5.02 Å². The molecule has 0 radical (unpaired) electrons. The van der Waals surface area contributed by atoms with Crippen molar-refractivity contribution in [1.29, 1.82) is 0 Å². The number of amides is 2. The highest BCUT2D eigenvalue weighted by Gasteiger charge is 2.28. The van der Waals surface area contributed by atoms with Crippen LogP contribution in [0.1, 0.15) is 17.2 Å². The first-order valence-corrected chi connectivity index (χ1v) is 9.17. The quantitative estimate of drug-likeness (QED) is 0.773. The van der Waals surface area contributed by atoms with Crippen molar-refractivity contribution >= 4 is 35.8 Å². The second-order valence-corrected chi connectivity index (χ2v) is 6.88. The summed E-state index contributed by atoms with van der Waals surface area (Å²) in [5.41, 5.74) is 1.52. The maximum atomic E-state index is 13.2. The zero-order chi connectivity index (χ0) is 19.2. The molecule has 0 aromatic heterocycles. The molecule has 1 fully saturated rings. The molecule has 28 heavy (non-hydrogen) atoms. The number of nitrogens with zero attached hydrogens (tertiary/aromatic N) is 1. The van der Waals surface area contributed by atoms with Gasteiger partial charge in [-0.1, -0.05) is 35.9 Å². The van der Waals surface area contributed by atoms with Crippen LogP contribution in [0.3, 0.4) is 0 Å². The van der Waals surface area contributed by atoms with Gasteiger partial charge in [0.15, 0.2) is 0 Å². The second kappa shape index (κ2) is 10.4. The van der Waals surface area contributed by atoms with E-state index in [-0.39, 0.29) is 49.0 Å². The number of nitrogens with one attached hydrogen (secondary N) is 2. The highest BCUT2D eigenvalue weighted by atomic mass is 35.5. The third-order valence-corrected chi connectivity index (χ3v) is 4.72. The van der Waals surface area contributed by atoms with Gasteiger partial charge in [-0.25, -0.2) is 4.39 Å². The monoisotopic (exact) mass is 425 g/mol. The fourth-order valence-corrected chi connectivity index (χ4v) is 3.38. The Morgan fingerprint density at radius 3 is 2.75 bits per heavy atom. The van der Waals surface area contributed by atoms with E-state index in [1.807, 2.05) is 18.2 Å². The number of hydrogen-bond donors (Lipinski definition) is 2. The molecule has 1 unspecified atom stereocenters. The predicted molar refractivity (Wildman–Crippen MR) is 109 cm³/mol. The molecule has 3 rings (SSSR count). The van der Waals surface area contributed by atoms with E-state index in [0.717, 1.165) is 5.56 Å². The Bertz CT molecular complexity index is 835. The lowest BCUT2D eigenvalue weighted by atomic mass is 10.0. The Hall–Kier alpha value is -2.15. The van der Waals surface area contributed by atoms with Crippen molar-refractivity contribution < 1.29 is 14.0 Å². The molecule has 5 nitrogen and oxygen atoms in total. The molecule has 1 heterocycles. The molecule has 2 aromatic carbocycles. The van der Waals surface area contributed by atoms with Gasteiger partial charge >= 0.3 is 0 Å². The molecule has 1 aliphatic rings. The minimum Gasteiger partial charge on any atom is -0.347 e. The van der Waals surface area contributed by atoms with Gasteiger partial charge in [-0.15, -0.1) is 12.4 Å². The lowest BCUT2D eigenvalue weighted by molar-refractivity contribution is -0.135. The smallest absolute Gasteiger partial charge is 0.242 e. The first-order valence-electron chi connectivity index (χ1n) is 8.80. The second-order valence-electron chi connectivity index (χ2n) is 6.45. The van der Waals surface area contributed by atoms with Gasteiger partial charge in [0, 0.05) is 24.7 Å². The molecule has 150 valence electrons. The molecular formula is C20H22Cl2FN3O2. The molecule has 0 saturated carbocycles. The third kappa shape index (κ3) is 5.92. The van der Waals surface area contributed by atoms with Gasteiger partial charge in [0.05, 0.1) is 19.0 Å². The van der Waals surface area contributed by atoms with E-state index >= 15 is 0 Å². The molecule has 1 saturated heterocycles. The van der Waals surface area contributed by atoms with Gasteiger partial charge in [-0.3, -0.25) is 9.59 Å². The minimum absolute atomic E-state index is 0. The number of rotatable bonds is 5. The normalized spacial score (nSPS) is 16.2. The van der Waals surface area contributed by atoms with E-state index in [1.165, 1.54) is 12.1 Å². The van der Waals surface area contributed by atoms with E-state index in [9.17, 15) is 14.0 Å². The third-order valence-electron chi connectivity index (χ3n) is 4.49. The van der Waals surface area contributed by atoms with Gasteiger partial charge < -0.3 is 15.5 Å². The molecule has 0 bridgehead atoms. The Balaban J connectivity index is 0.00000280. The summed E-state index contributed by atoms with van der Waals surface area (Å²) in [5.74, 6) is -0.862. The van der Waals surface area contributed by atoms with Crippen LogP contribution in [-0.2, 0) is 16.0 Å². The van der Waals surface area contributed by atoms with Crippen LogP contribution in [0.5, 0.6) is 0 Å². The highest BCUT2D eigenvalue weighted by molar-refractivity contribution is 6.30. The summed E-state index contributed by atoms with van der Waals surface area (Å²) in [5, 5.41) is 6.53. The fourth-order valence-electron chi connectivity index (χ4n) is 3.19. The summed E-state index contributed by atoms with van der Waals surface area (Å²) in [6, 6.07) is 13.2. The molecule has 0 spiro atoms. The van der Waals surface area contributed by atoms with Crippen molar-refractivity contribution in [1.82, 2.24) is 15.5 Å². The topological polar surface area (TPSA) is 61.4 Å². The van der Waals surface area contributed by atoms with Crippen molar-refractivity contribution in [2.75, 3.05) is 26.2 Å². The van der Waals surface area contributed by atoms with Crippen LogP contribution in [-0.4, -0.2) is 42.9 Å². The summed E-state index contributed by atoms with van der Waals surface area (Å²) in [6.45, 7) is 1.78. The van der Waals surface area contributed by atoms with Crippen LogP contribution in [0.25, 0.3) is 0 Å². The lowest BCUT2D eigenvalue weighted by Crippen LogP contribution is -2.51. The maximum Gasteiger partial charge on any atom is 0.242 e. The van der Waals surface area contributed by atoms with Crippen LogP contribution in [0.4, 0.5) is 4.39 Å². The van der Waals surface area contributed by atoms with Crippen LogP contribution < -0.4 is 10.6 Å². The number of hydrogen-bond acceptors (Lipinski definition) is 3. The van der Waals surface area contributed by atoms with E-state index in [0.29, 0.717) is 30.2 Å². The van der Waals surface area contributed by atoms with Crippen LogP contribution >= 0.6 is 24.0 Å². The largest absolute Gasteiger partial charge is 0.347 e. The highest BCUT2D eigenvalue weighted by Crippen LogP contribution is 2.24. The van der Waals surface area contributed by atoms with E-state index in [2.05, 4.69) is 10.6 Å². The van der Waals surface area contributed by atoms with Gasteiger partial charge in [-0.2, -0.15) is 0 Å². The van der Waals surface area contributed by atoms with Gasteiger partial charge in [0.1, 0.15) is 5.82 Å². The number of carbonyl (C=O) groups excluding carboxylic acids is 2. The van der Waals surface area contributed by atoms with E-state index in [4.69, 9.17) is 11.6 Å². The zero-order valence-corrected chi connectivity index (χ0v) is 16.7. The first kappa shape index (κ1) is 22.1. The molecule has 2 aromatic rings. The number of halogens is 3. The van der Waals surface area contributed by atoms with E-state index < -0.39 is 0 Å². The van der Waals surface area contributed by atoms with Crippen molar-refractivity contribution in [2.24, 2.45) is 0 Å². The Labute approximate surface area is 174 Å². The summed E-state index contributed by atoms with van der Waals surface area (Å²) in [7, 11) is 0. The van der Waals surface area contributed by atoms with E-state index in [1.54, 1.807) is 23.1 Å². The van der Waals surface area contributed by atoms with Gasteiger partial charge in [-0.05, 0) is 35.4 Å². The molecule has 2 amide bonds. The average molecular weight is 426 g/mol. The van der Waals surface area contributed by atoms with Crippen LogP contribution in [0.15, 0.2) is 48.5 Å². The molecule has 2 N–H and O–H groups in total. The Kier molecular flexibility index (Phi) is 8.23. The predicted octanol–water partition coefficient (Wildman–Crippen LogP) is 2.73. The van der Waals surface area contributed by atoms with Crippen molar-refractivity contribution in [3.05, 3.63) is 70.5 Å². The summed E-state index contributed by atoms with van der Waals surface area (Å²) < 4.78 is 13.2. The average Bonchev–Trinajstić information content (AvgIpc) is 2.66. The van der Waals surface area contributed by atoms with Crippen molar-refractivity contribution in [2.45, 2.75) is 12.5 Å². The molecule has 1 atom stereocenters. The molecular weight excluding hydrogens is 404 g/mol. The van der Waals surface area contributed by atoms with Crippen LogP contribution in [0, 0.1) is 5.82 Å². The summed E-state index contributed by atoms with van der Waals surface area (Å²) in [6.07, 6.45) is 0.0321. The van der Waals surface area contributed by atoms with Gasteiger partial charge in [0.25, 0.3) is 0 Å². The zero-order valence-electron chi connectivity index (χ0n) is 15.2. The summed E-state index contributed by atoms with van der Waals surface area (Å²) >= 11 is 6.07. The molecule has 8 heteroatoms. The van der Waals surface area contributed by atoms with Crippen molar-refractivity contribution in [3.8, 4) is 0 Å². The van der Waals surface area contributed by atoms with Gasteiger partial charge in [0.2, 0.25) is 11.8 Å². The number of carbonyl (C=O) groups is 2. The molecule has 1 aliphatic heterocycles. The Morgan fingerprint density at radius 1 is 1.21 bits per heavy atom. The standard InChI is InChI=1S/C20H21ClFN3O2.ClH/c21-16-5-2-4-15(11-16)18-12-23-7-8-25(18)20(27)13-24-19(26)10-14-3-1-6-17(22)9-14;/h1-6,9,11,18,23H,7-8,10,12-13H2,(H,24,26);1H. The minimum atomic E-state index is -0.387. The Morgan fingerprint density at radius 2 is 2.00 bits per heavy atom. The number of piperazine rings is 1. The SMILES string of the molecule is Cl.O=C(Cc1cccc(F)c1)NCC(=O)N1CCNCC1c1cccc(Cl)c1. The lowest BCUT2D eigenvalue weighted by Gasteiger charge is -2.36. The number of benzene rings is 2. The molecule has 0 aliphatic carbocycles. The fraction of sp³-hybridized carbons (Fsp3) is 0.300.